The van der Waals surface area contributed by atoms with Gasteiger partial charge in [0.2, 0.25) is 0 Å². The highest BCUT2D eigenvalue weighted by Gasteiger charge is 2.34. The summed E-state index contributed by atoms with van der Waals surface area (Å²) in [5, 5.41) is 1.53. The van der Waals surface area contributed by atoms with Crippen LogP contribution in [0, 0.1) is 11.6 Å². The minimum Gasteiger partial charge on any atom is -0.444 e. The lowest BCUT2D eigenvalue weighted by Crippen LogP contribution is -2.52. The lowest BCUT2D eigenvalue weighted by molar-refractivity contribution is -0.135. The number of hydrazine groups is 1. The number of likely N-dealkylation sites (N-methyl/N-ethyl adjacent to an activating group) is 1. The SMILES string of the molecule is CC(=O)CC[C@H]1CN(c2cc(F)c(N3CCNN(C(=O)CN4CCN(C)CC4)CC3)c(F)c2)C(=O)O1. The van der Waals surface area contributed by atoms with Gasteiger partial charge in [-0.2, -0.15) is 0 Å². The third kappa shape index (κ3) is 6.29. The van der Waals surface area contributed by atoms with Crippen LogP contribution in [0.4, 0.5) is 25.0 Å². The molecule has 0 saturated carbocycles. The number of anilines is 2. The minimum absolute atomic E-state index is 0.0162. The fraction of sp³-hybridized carbons (Fsp3) is 0.625. The Bertz CT molecular complexity index is 964. The topological polar surface area (TPSA) is 88.7 Å². The molecule has 0 radical (unpaired) electrons. The maximum atomic E-state index is 15.1. The van der Waals surface area contributed by atoms with E-state index in [1.807, 2.05) is 0 Å². The second-order valence-corrected chi connectivity index (χ2v) is 9.64. The zero-order valence-corrected chi connectivity index (χ0v) is 20.8. The van der Waals surface area contributed by atoms with Crippen molar-refractivity contribution in [2.75, 3.05) is 82.3 Å². The van der Waals surface area contributed by atoms with E-state index in [1.54, 1.807) is 4.90 Å². The number of carbonyl (C=O) groups excluding carboxylic acids is 3. The molecule has 1 aromatic rings. The van der Waals surface area contributed by atoms with Crippen molar-refractivity contribution in [1.29, 1.82) is 0 Å². The smallest absolute Gasteiger partial charge is 0.414 e. The molecule has 2 amide bonds. The van der Waals surface area contributed by atoms with Crippen LogP contribution in [0.15, 0.2) is 12.1 Å². The van der Waals surface area contributed by atoms with Crippen LogP contribution in [-0.4, -0.2) is 111 Å². The van der Waals surface area contributed by atoms with Crippen LogP contribution in [0.25, 0.3) is 0 Å². The Labute approximate surface area is 209 Å². The maximum Gasteiger partial charge on any atom is 0.414 e. The number of ether oxygens (including phenoxy) is 1. The standard InChI is InChI=1S/C24H34F2N6O4/c1-17(33)3-4-19-15-31(24(35)36-19)18-13-20(25)23(21(26)14-18)30-6-5-27-32(12-11-30)22(34)16-29-9-7-28(2)8-10-29/h13-14,19,27H,3-12,15-16H2,1-2H3/t19-/m0/s1. The van der Waals surface area contributed by atoms with E-state index in [2.05, 4.69) is 22.3 Å². The summed E-state index contributed by atoms with van der Waals surface area (Å²) >= 11 is 0. The number of ketones is 1. The number of rotatable bonds is 7. The van der Waals surface area contributed by atoms with Gasteiger partial charge in [0.1, 0.15) is 17.6 Å². The monoisotopic (exact) mass is 508 g/mol. The number of halogens is 2. The van der Waals surface area contributed by atoms with Crippen LogP contribution >= 0.6 is 0 Å². The fourth-order valence-electron chi connectivity index (χ4n) is 4.71. The van der Waals surface area contributed by atoms with Gasteiger partial charge in [-0.25, -0.2) is 19.0 Å². The number of hydrogen-bond donors (Lipinski definition) is 1. The number of benzene rings is 1. The van der Waals surface area contributed by atoms with Crippen LogP contribution in [0.5, 0.6) is 0 Å². The summed E-state index contributed by atoms with van der Waals surface area (Å²) in [7, 11) is 2.05. The summed E-state index contributed by atoms with van der Waals surface area (Å²) in [6, 6.07) is 2.25. The number of hydrogen-bond acceptors (Lipinski definition) is 8. The van der Waals surface area contributed by atoms with Crippen molar-refractivity contribution in [3.05, 3.63) is 23.8 Å². The van der Waals surface area contributed by atoms with E-state index >= 15 is 8.78 Å². The Hall–Kier alpha value is -2.83. The van der Waals surface area contributed by atoms with Gasteiger partial charge >= 0.3 is 6.09 Å². The third-order valence-electron chi connectivity index (χ3n) is 6.86. The quantitative estimate of drug-likeness (QED) is 0.585. The van der Waals surface area contributed by atoms with Crippen molar-refractivity contribution >= 4 is 29.2 Å². The largest absolute Gasteiger partial charge is 0.444 e. The van der Waals surface area contributed by atoms with Gasteiger partial charge in [-0.3, -0.25) is 19.6 Å². The molecule has 4 rings (SSSR count). The first-order valence-corrected chi connectivity index (χ1v) is 12.4. The highest BCUT2D eigenvalue weighted by atomic mass is 19.1. The predicted molar refractivity (Wildman–Crippen MR) is 130 cm³/mol. The molecule has 198 valence electrons. The minimum atomic E-state index is -0.790. The molecule has 1 N–H and O–H groups in total. The summed E-state index contributed by atoms with van der Waals surface area (Å²) in [4.78, 5) is 43.3. The van der Waals surface area contributed by atoms with Gasteiger partial charge in [-0.1, -0.05) is 0 Å². The molecule has 3 aliphatic heterocycles. The Morgan fingerprint density at radius 1 is 1.06 bits per heavy atom. The first kappa shape index (κ1) is 26.2. The normalized spacial score (nSPS) is 22.1. The molecule has 3 aliphatic rings. The summed E-state index contributed by atoms with van der Waals surface area (Å²) in [5.41, 5.74) is 2.96. The molecule has 0 aromatic heterocycles. The van der Waals surface area contributed by atoms with E-state index in [-0.39, 0.29) is 49.1 Å². The lowest BCUT2D eigenvalue weighted by atomic mass is 10.1. The van der Waals surface area contributed by atoms with Crippen LogP contribution < -0.4 is 15.2 Å². The second-order valence-electron chi connectivity index (χ2n) is 9.64. The van der Waals surface area contributed by atoms with E-state index in [0.29, 0.717) is 26.1 Å². The van der Waals surface area contributed by atoms with Gasteiger partial charge in [0.05, 0.1) is 25.3 Å². The van der Waals surface area contributed by atoms with Crippen molar-refractivity contribution in [1.82, 2.24) is 20.2 Å². The van der Waals surface area contributed by atoms with Crippen molar-refractivity contribution < 1.29 is 27.9 Å². The zero-order chi connectivity index (χ0) is 25.8. The van der Waals surface area contributed by atoms with Crippen LogP contribution in [0.2, 0.25) is 0 Å². The molecule has 3 saturated heterocycles. The number of amides is 2. The van der Waals surface area contributed by atoms with Crippen LogP contribution in [-0.2, 0) is 14.3 Å². The molecule has 12 heteroatoms. The first-order chi connectivity index (χ1) is 17.2. The van der Waals surface area contributed by atoms with Gasteiger partial charge in [0.25, 0.3) is 5.91 Å². The average molecular weight is 509 g/mol. The molecular formula is C24H34F2N6O4. The Kier molecular flexibility index (Phi) is 8.37. The molecule has 10 nitrogen and oxygen atoms in total. The number of nitrogens with one attached hydrogen (secondary N) is 1. The number of cyclic esters (lactones) is 1. The number of carbonyl (C=O) groups is 3. The number of piperazine rings is 1. The molecule has 0 aliphatic carbocycles. The van der Waals surface area contributed by atoms with Gasteiger partial charge < -0.3 is 19.3 Å². The van der Waals surface area contributed by atoms with E-state index in [1.165, 1.54) is 16.8 Å². The summed E-state index contributed by atoms with van der Waals surface area (Å²) in [6.45, 7) is 6.57. The zero-order valence-electron chi connectivity index (χ0n) is 20.8. The van der Waals surface area contributed by atoms with Gasteiger partial charge in [0.15, 0.2) is 11.6 Å². The Balaban J connectivity index is 1.37. The van der Waals surface area contributed by atoms with Gasteiger partial charge in [-0.05, 0) is 20.4 Å². The lowest BCUT2D eigenvalue weighted by Gasteiger charge is -2.33. The summed E-state index contributed by atoms with van der Waals surface area (Å²) in [5.74, 6) is -1.66. The number of nitrogens with zero attached hydrogens (tertiary/aromatic N) is 5. The Morgan fingerprint density at radius 3 is 2.42 bits per heavy atom. The van der Waals surface area contributed by atoms with Crippen molar-refractivity contribution in [3.63, 3.8) is 0 Å². The Morgan fingerprint density at radius 2 is 1.75 bits per heavy atom. The van der Waals surface area contributed by atoms with E-state index < -0.39 is 23.8 Å². The van der Waals surface area contributed by atoms with Gasteiger partial charge in [-0.15, -0.1) is 0 Å². The van der Waals surface area contributed by atoms with Crippen molar-refractivity contribution in [2.45, 2.75) is 25.9 Å². The molecule has 0 bridgehead atoms. The predicted octanol–water partition coefficient (Wildman–Crippen LogP) is 1.06. The molecule has 1 atom stereocenters. The molecule has 1 aromatic carbocycles. The highest BCUT2D eigenvalue weighted by molar-refractivity contribution is 5.90. The summed E-state index contributed by atoms with van der Waals surface area (Å²) in [6.07, 6.45) is -0.557. The van der Waals surface area contributed by atoms with Crippen molar-refractivity contribution in [2.24, 2.45) is 0 Å². The number of Topliss-reactive ketones (excluding diaryl/α,β-unsaturated/α-hetero) is 1. The van der Waals surface area contributed by atoms with E-state index in [4.69, 9.17) is 4.74 Å². The maximum absolute atomic E-state index is 15.1. The van der Waals surface area contributed by atoms with E-state index in [9.17, 15) is 14.4 Å². The molecular weight excluding hydrogens is 474 g/mol. The van der Waals surface area contributed by atoms with Crippen LogP contribution in [0.3, 0.4) is 0 Å². The average Bonchev–Trinajstić information content (AvgIpc) is 3.03. The second kappa shape index (κ2) is 11.5. The van der Waals surface area contributed by atoms with Crippen LogP contribution in [0.1, 0.15) is 19.8 Å². The third-order valence-corrected chi connectivity index (χ3v) is 6.86. The van der Waals surface area contributed by atoms with Gasteiger partial charge in [0, 0.05) is 64.4 Å². The fourth-order valence-corrected chi connectivity index (χ4v) is 4.71. The molecule has 0 spiro atoms. The van der Waals surface area contributed by atoms with Crippen molar-refractivity contribution in [3.8, 4) is 0 Å². The molecule has 0 unspecified atom stereocenters. The highest BCUT2D eigenvalue weighted by Crippen LogP contribution is 2.31. The summed E-state index contributed by atoms with van der Waals surface area (Å²) < 4.78 is 35.5. The molecule has 36 heavy (non-hydrogen) atoms. The molecule has 3 heterocycles. The first-order valence-electron chi connectivity index (χ1n) is 12.4. The molecule has 3 fully saturated rings. The van der Waals surface area contributed by atoms with E-state index in [0.717, 1.165) is 38.3 Å².